The predicted molar refractivity (Wildman–Crippen MR) is 122 cm³/mol. The Bertz CT molecular complexity index is 945. The van der Waals surface area contributed by atoms with E-state index >= 15 is 0 Å². The summed E-state index contributed by atoms with van der Waals surface area (Å²) < 4.78 is 10.4. The number of esters is 1. The van der Waals surface area contributed by atoms with E-state index in [1.54, 1.807) is 50.4 Å². The number of benzene rings is 2. The summed E-state index contributed by atoms with van der Waals surface area (Å²) in [6.45, 7) is 3.65. The number of ether oxygens (including phenoxy) is 2. The van der Waals surface area contributed by atoms with E-state index in [2.05, 4.69) is 10.6 Å². The third-order valence-electron chi connectivity index (χ3n) is 5.28. The molecule has 8 heteroatoms. The summed E-state index contributed by atoms with van der Waals surface area (Å²) in [5.41, 5.74) is 1.64. The van der Waals surface area contributed by atoms with Crippen LogP contribution >= 0.6 is 0 Å². The van der Waals surface area contributed by atoms with E-state index in [9.17, 15) is 14.4 Å². The molecule has 1 saturated heterocycles. The molecule has 32 heavy (non-hydrogen) atoms. The molecule has 1 aliphatic rings. The van der Waals surface area contributed by atoms with Crippen molar-refractivity contribution in [2.75, 3.05) is 44.0 Å². The molecule has 2 N–H and O–H groups in total. The molecule has 0 bridgehead atoms. The van der Waals surface area contributed by atoms with Crippen molar-refractivity contribution < 1.29 is 23.9 Å². The molecule has 1 heterocycles. The summed E-state index contributed by atoms with van der Waals surface area (Å²) in [6.07, 6.45) is 1.64. The van der Waals surface area contributed by atoms with Crippen molar-refractivity contribution in [1.29, 1.82) is 0 Å². The number of hydrogen-bond donors (Lipinski definition) is 2. The Morgan fingerprint density at radius 3 is 2.53 bits per heavy atom. The number of nitrogens with zero attached hydrogens (tertiary/aromatic N) is 1. The van der Waals surface area contributed by atoms with Gasteiger partial charge in [-0.3, -0.25) is 19.3 Å². The van der Waals surface area contributed by atoms with Crippen LogP contribution in [0.5, 0.6) is 5.75 Å². The second-order valence-electron chi connectivity index (χ2n) is 7.61. The number of carbonyl (C=O) groups is 3. The molecule has 0 spiro atoms. The normalized spacial score (nSPS) is 16.1. The highest BCUT2D eigenvalue weighted by Crippen LogP contribution is 2.24. The first kappa shape index (κ1) is 23.3. The van der Waals surface area contributed by atoms with Gasteiger partial charge in [-0.25, -0.2) is 0 Å². The Morgan fingerprint density at radius 1 is 1.06 bits per heavy atom. The van der Waals surface area contributed by atoms with Crippen molar-refractivity contribution in [3.8, 4) is 5.75 Å². The van der Waals surface area contributed by atoms with Crippen molar-refractivity contribution in [1.82, 2.24) is 4.90 Å². The predicted octanol–water partition coefficient (Wildman–Crippen LogP) is 3.16. The van der Waals surface area contributed by atoms with Crippen LogP contribution in [0, 0.1) is 5.92 Å². The van der Waals surface area contributed by atoms with Gasteiger partial charge in [-0.1, -0.05) is 12.1 Å². The highest BCUT2D eigenvalue weighted by Gasteiger charge is 2.27. The summed E-state index contributed by atoms with van der Waals surface area (Å²) in [7, 11) is 1.54. The number of nitrogens with one attached hydrogen (secondary N) is 2. The molecule has 0 saturated carbocycles. The standard InChI is InChI=1S/C24H29N3O5/c1-3-32-24(30)18-7-6-14-27(15-18)16-22(28)25-19-12-10-17(11-13-19)23(29)26-20-8-4-5-9-21(20)31-2/h4-5,8-13,18H,3,6-7,14-16H2,1-2H3,(H,25,28)(H,26,29)/t18-/m0/s1. The summed E-state index contributed by atoms with van der Waals surface area (Å²) in [5, 5.41) is 5.66. The lowest BCUT2D eigenvalue weighted by Crippen LogP contribution is -2.43. The van der Waals surface area contributed by atoms with E-state index in [4.69, 9.17) is 9.47 Å². The van der Waals surface area contributed by atoms with Crippen LogP contribution in [0.1, 0.15) is 30.1 Å². The molecule has 0 unspecified atom stereocenters. The molecule has 0 aromatic heterocycles. The number of methoxy groups -OCH3 is 1. The van der Waals surface area contributed by atoms with Gasteiger partial charge in [0, 0.05) is 17.8 Å². The van der Waals surface area contributed by atoms with E-state index in [1.807, 2.05) is 17.0 Å². The average Bonchev–Trinajstić information content (AvgIpc) is 2.80. The third kappa shape index (κ3) is 6.31. The zero-order chi connectivity index (χ0) is 22.9. The fraction of sp³-hybridized carbons (Fsp3) is 0.375. The smallest absolute Gasteiger partial charge is 0.310 e. The van der Waals surface area contributed by atoms with Crippen molar-refractivity contribution >= 4 is 29.2 Å². The number of hydrogen-bond acceptors (Lipinski definition) is 6. The third-order valence-corrected chi connectivity index (χ3v) is 5.28. The second-order valence-corrected chi connectivity index (χ2v) is 7.61. The van der Waals surface area contributed by atoms with Crippen molar-refractivity contribution in [3.63, 3.8) is 0 Å². The molecule has 1 atom stereocenters. The minimum atomic E-state index is -0.272. The zero-order valence-corrected chi connectivity index (χ0v) is 18.4. The molecule has 8 nitrogen and oxygen atoms in total. The summed E-state index contributed by atoms with van der Waals surface area (Å²) in [5.74, 6) is -0.240. The monoisotopic (exact) mass is 439 g/mol. The lowest BCUT2D eigenvalue weighted by atomic mass is 9.98. The minimum Gasteiger partial charge on any atom is -0.495 e. The van der Waals surface area contributed by atoms with Crippen LogP contribution in [0.4, 0.5) is 11.4 Å². The van der Waals surface area contributed by atoms with Crippen LogP contribution < -0.4 is 15.4 Å². The summed E-state index contributed by atoms with van der Waals surface area (Å²) >= 11 is 0. The minimum absolute atomic E-state index is 0.166. The number of carbonyl (C=O) groups excluding carboxylic acids is 3. The second kappa shape index (κ2) is 11.3. The van der Waals surface area contributed by atoms with E-state index in [-0.39, 0.29) is 30.2 Å². The Labute approximate surface area is 187 Å². The molecule has 170 valence electrons. The van der Waals surface area contributed by atoms with Gasteiger partial charge in [-0.05, 0) is 62.7 Å². The lowest BCUT2D eigenvalue weighted by molar-refractivity contribution is -0.150. The number of rotatable bonds is 8. The average molecular weight is 440 g/mol. The number of anilines is 2. The Balaban J connectivity index is 1.52. The number of amides is 2. The summed E-state index contributed by atoms with van der Waals surface area (Å²) in [6, 6.07) is 13.8. The first-order valence-electron chi connectivity index (χ1n) is 10.7. The fourth-order valence-corrected chi connectivity index (χ4v) is 3.70. The molecular weight excluding hydrogens is 410 g/mol. The van der Waals surface area contributed by atoms with Gasteiger partial charge in [0.05, 0.1) is 31.9 Å². The van der Waals surface area contributed by atoms with Gasteiger partial charge in [0.2, 0.25) is 5.91 Å². The molecular formula is C24H29N3O5. The van der Waals surface area contributed by atoms with Crippen LogP contribution in [0.3, 0.4) is 0 Å². The maximum atomic E-state index is 12.5. The summed E-state index contributed by atoms with van der Waals surface area (Å²) in [4.78, 5) is 38.9. The van der Waals surface area contributed by atoms with Gasteiger partial charge in [-0.2, -0.15) is 0 Å². The molecule has 2 aromatic rings. The Hall–Kier alpha value is -3.39. The topological polar surface area (TPSA) is 97.0 Å². The highest BCUT2D eigenvalue weighted by atomic mass is 16.5. The number of likely N-dealkylation sites (tertiary alicyclic amines) is 1. The molecule has 1 aliphatic heterocycles. The van der Waals surface area contributed by atoms with Gasteiger partial charge < -0.3 is 20.1 Å². The van der Waals surface area contributed by atoms with Crippen molar-refractivity contribution in [2.24, 2.45) is 5.92 Å². The zero-order valence-electron chi connectivity index (χ0n) is 18.4. The SMILES string of the molecule is CCOC(=O)[C@H]1CCCN(CC(=O)Nc2ccc(C(=O)Nc3ccccc3OC)cc2)C1. The van der Waals surface area contributed by atoms with Crippen LogP contribution in [-0.2, 0) is 14.3 Å². The Morgan fingerprint density at radius 2 is 1.81 bits per heavy atom. The number of para-hydroxylation sites is 2. The van der Waals surface area contributed by atoms with E-state index in [1.165, 1.54) is 0 Å². The maximum Gasteiger partial charge on any atom is 0.310 e. The molecule has 1 fully saturated rings. The maximum absolute atomic E-state index is 12.5. The van der Waals surface area contributed by atoms with Gasteiger partial charge >= 0.3 is 5.97 Å². The molecule has 2 aromatic carbocycles. The van der Waals surface area contributed by atoms with Crippen molar-refractivity contribution in [3.05, 3.63) is 54.1 Å². The van der Waals surface area contributed by atoms with Crippen LogP contribution in [0.15, 0.2) is 48.5 Å². The van der Waals surface area contributed by atoms with Gasteiger partial charge in [0.25, 0.3) is 5.91 Å². The lowest BCUT2D eigenvalue weighted by Gasteiger charge is -2.30. The molecule has 3 rings (SSSR count). The highest BCUT2D eigenvalue weighted by molar-refractivity contribution is 6.05. The van der Waals surface area contributed by atoms with E-state index < -0.39 is 0 Å². The van der Waals surface area contributed by atoms with E-state index in [0.29, 0.717) is 35.8 Å². The molecule has 0 aliphatic carbocycles. The van der Waals surface area contributed by atoms with Crippen molar-refractivity contribution in [2.45, 2.75) is 19.8 Å². The van der Waals surface area contributed by atoms with Crippen LogP contribution in [-0.4, -0.2) is 56.0 Å². The Kier molecular flexibility index (Phi) is 8.21. The van der Waals surface area contributed by atoms with E-state index in [0.717, 1.165) is 19.4 Å². The van der Waals surface area contributed by atoms with Crippen LogP contribution in [0.25, 0.3) is 0 Å². The van der Waals surface area contributed by atoms with Gasteiger partial charge in [0.15, 0.2) is 0 Å². The number of piperidine rings is 1. The quantitative estimate of drug-likeness (QED) is 0.614. The molecule has 2 amide bonds. The largest absolute Gasteiger partial charge is 0.495 e. The van der Waals surface area contributed by atoms with Gasteiger partial charge in [-0.15, -0.1) is 0 Å². The van der Waals surface area contributed by atoms with Gasteiger partial charge in [0.1, 0.15) is 5.75 Å². The molecule has 0 radical (unpaired) electrons. The fourth-order valence-electron chi connectivity index (χ4n) is 3.70. The first-order chi connectivity index (χ1) is 15.5. The first-order valence-corrected chi connectivity index (χ1v) is 10.7. The van der Waals surface area contributed by atoms with Crippen LogP contribution in [0.2, 0.25) is 0 Å².